The van der Waals surface area contributed by atoms with E-state index in [0.717, 1.165) is 41.0 Å². The zero-order valence-electron chi connectivity index (χ0n) is 20.3. The van der Waals surface area contributed by atoms with Crippen LogP contribution in [-0.2, 0) is 11.3 Å². The molecule has 0 unspecified atom stereocenters. The summed E-state index contributed by atoms with van der Waals surface area (Å²) in [6.45, 7) is 8.68. The van der Waals surface area contributed by atoms with Crippen LogP contribution < -0.4 is 11.1 Å². The Hall–Kier alpha value is -3.61. The van der Waals surface area contributed by atoms with Crippen molar-refractivity contribution >= 4 is 12.2 Å². The van der Waals surface area contributed by atoms with Crippen molar-refractivity contribution < 1.29 is 19.0 Å². The maximum absolute atomic E-state index is 14.2. The van der Waals surface area contributed by atoms with Gasteiger partial charge in [0.15, 0.2) is 0 Å². The first kappa shape index (κ1) is 26.6. The number of hydrogen-bond acceptors (Lipinski definition) is 5. The number of carboxylic acids is 1. The molecule has 1 heterocycles. The second-order valence-electron chi connectivity index (χ2n) is 7.89. The van der Waals surface area contributed by atoms with Gasteiger partial charge in [-0.2, -0.15) is 0 Å². The van der Waals surface area contributed by atoms with Crippen LogP contribution in [0.1, 0.15) is 62.9 Å². The molecular weight excluding hydrogens is 433 g/mol. The van der Waals surface area contributed by atoms with Gasteiger partial charge >= 0.3 is 5.97 Å². The second-order valence-corrected chi connectivity index (χ2v) is 7.89. The molecule has 1 aromatic rings. The van der Waals surface area contributed by atoms with E-state index in [1.54, 1.807) is 6.21 Å². The molecule has 1 fully saturated rings. The third kappa shape index (κ3) is 7.47. The molecule has 4 N–H and O–H groups in total. The van der Waals surface area contributed by atoms with Crippen LogP contribution >= 0.6 is 0 Å². The van der Waals surface area contributed by atoms with Gasteiger partial charge in [0.05, 0.1) is 12.2 Å². The zero-order valence-corrected chi connectivity index (χ0v) is 20.3. The number of nitrogens with zero attached hydrogens (tertiary/aromatic N) is 1. The van der Waals surface area contributed by atoms with Crippen LogP contribution in [0.3, 0.4) is 0 Å². The molecule has 0 radical (unpaired) electrons. The van der Waals surface area contributed by atoms with Crippen molar-refractivity contribution in [2.24, 2.45) is 10.7 Å². The quantitative estimate of drug-likeness (QED) is 0.380. The Morgan fingerprint density at radius 1 is 1.29 bits per heavy atom. The fourth-order valence-corrected chi connectivity index (χ4v) is 3.44. The normalized spacial score (nSPS) is 17.9. The van der Waals surface area contributed by atoms with Gasteiger partial charge in [-0.25, -0.2) is 14.2 Å². The number of carboxylic acid groups (broad SMARTS) is 1. The van der Waals surface area contributed by atoms with Gasteiger partial charge in [-0.05, 0) is 62.6 Å². The van der Waals surface area contributed by atoms with Crippen molar-refractivity contribution in [3.05, 3.63) is 93.4 Å². The van der Waals surface area contributed by atoms with E-state index in [1.807, 2.05) is 39.0 Å². The van der Waals surface area contributed by atoms with Gasteiger partial charge in [-0.3, -0.25) is 0 Å². The van der Waals surface area contributed by atoms with Gasteiger partial charge in [-0.1, -0.05) is 26.0 Å². The minimum Gasteiger partial charge on any atom is -0.492 e. The summed E-state index contributed by atoms with van der Waals surface area (Å²) in [7, 11) is 0. The molecule has 1 saturated heterocycles. The van der Waals surface area contributed by atoms with Gasteiger partial charge in [0.2, 0.25) is 0 Å². The van der Waals surface area contributed by atoms with Crippen LogP contribution in [0.2, 0.25) is 0 Å². The summed E-state index contributed by atoms with van der Waals surface area (Å²) in [5.74, 6) is -0.291. The predicted molar refractivity (Wildman–Crippen MR) is 135 cm³/mol. The molecular formula is C27H34FN3O3. The van der Waals surface area contributed by atoms with E-state index in [9.17, 15) is 14.3 Å². The number of hydrogen-bond donors (Lipinski definition) is 3. The van der Waals surface area contributed by atoms with Gasteiger partial charge in [0, 0.05) is 41.6 Å². The van der Waals surface area contributed by atoms with E-state index in [4.69, 9.17) is 10.5 Å². The summed E-state index contributed by atoms with van der Waals surface area (Å²) in [6.07, 6.45) is 11.9. The molecule has 0 amide bonds. The van der Waals surface area contributed by atoms with Crippen LogP contribution in [0.5, 0.6) is 0 Å². The van der Waals surface area contributed by atoms with Gasteiger partial charge < -0.3 is 20.9 Å². The number of benzene rings is 1. The van der Waals surface area contributed by atoms with Crippen molar-refractivity contribution in [1.82, 2.24) is 5.32 Å². The molecule has 1 aliphatic heterocycles. The monoisotopic (exact) mass is 467 g/mol. The molecule has 0 saturated carbocycles. The number of allylic oxidation sites excluding steroid dienone is 8. The summed E-state index contributed by atoms with van der Waals surface area (Å²) >= 11 is 0. The molecule has 1 aromatic carbocycles. The van der Waals surface area contributed by atoms with E-state index in [-0.39, 0.29) is 12.1 Å². The first-order valence-corrected chi connectivity index (χ1v) is 11.4. The Morgan fingerprint density at radius 2 is 2.06 bits per heavy atom. The molecule has 0 spiro atoms. The molecule has 0 aliphatic carbocycles. The smallest absolute Gasteiger partial charge is 0.335 e. The van der Waals surface area contributed by atoms with Gasteiger partial charge in [-0.15, -0.1) is 0 Å². The number of ether oxygens (including phenoxy) is 1. The minimum absolute atomic E-state index is 0.0529. The van der Waals surface area contributed by atoms with Crippen molar-refractivity contribution in [3.63, 3.8) is 0 Å². The summed E-state index contributed by atoms with van der Waals surface area (Å²) in [5, 5.41) is 12.4. The summed E-state index contributed by atoms with van der Waals surface area (Å²) in [4.78, 5) is 15.5. The first-order chi connectivity index (χ1) is 16.3. The Morgan fingerprint density at radius 3 is 2.74 bits per heavy atom. The van der Waals surface area contributed by atoms with Crippen LogP contribution in [0.4, 0.5) is 4.39 Å². The lowest BCUT2D eigenvalue weighted by atomic mass is 9.99. The Bertz CT molecular complexity index is 1080. The average molecular weight is 468 g/mol. The molecule has 182 valence electrons. The highest BCUT2D eigenvalue weighted by Gasteiger charge is 2.22. The molecule has 0 aromatic heterocycles. The highest BCUT2D eigenvalue weighted by Crippen LogP contribution is 2.32. The summed E-state index contributed by atoms with van der Waals surface area (Å²) in [5.41, 5.74) is 9.95. The first-order valence-electron chi connectivity index (χ1n) is 11.4. The van der Waals surface area contributed by atoms with Crippen molar-refractivity contribution in [1.29, 1.82) is 0 Å². The standard InChI is InChI=1S/C27H34FN3O3/c1-5-7-9-22(18(3)12-14-30-25(29)8-6-2)26-23(13-15-34-26)19(4)31-17-21-16-20(27(32)33)10-11-24(21)28/h7-12,14,16,31H,5-6,13,15,17,29H2,1-4H3,(H,32,33)/b9-7+,18-12+,23-19+,25-8+,26-22-,30-14-. The third-order valence-corrected chi connectivity index (χ3v) is 5.31. The highest BCUT2D eigenvalue weighted by atomic mass is 19.1. The van der Waals surface area contributed by atoms with Crippen LogP contribution in [0.15, 0.2) is 81.5 Å². The topological polar surface area (TPSA) is 96.9 Å². The van der Waals surface area contributed by atoms with E-state index >= 15 is 0 Å². The van der Waals surface area contributed by atoms with Crippen LogP contribution in [-0.4, -0.2) is 23.9 Å². The fraction of sp³-hybridized carbons (Fsp3) is 0.333. The molecule has 2 rings (SSSR count). The molecule has 0 atom stereocenters. The summed E-state index contributed by atoms with van der Waals surface area (Å²) < 4.78 is 20.2. The molecule has 7 heteroatoms. The van der Waals surface area contributed by atoms with Gasteiger partial charge in [0.1, 0.15) is 17.4 Å². The molecule has 34 heavy (non-hydrogen) atoms. The number of rotatable bonds is 10. The Balaban J connectivity index is 2.37. The lowest BCUT2D eigenvalue weighted by molar-refractivity contribution is 0.0696. The van der Waals surface area contributed by atoms with Crippen molar-refractivity contribution in [3.8, 4) is 0 Å². The van der Waals surface area contributed by atoms with Crippen molar-refractivity contribution in [2.75, 3.05) is 6.61 Å². The SMILES string of the molecule is CC/C=C/C(=C1/OCC/C1=C(/C)NCc1cc(C(=O)O)ccc1F)C(/C)=C/C=N\C(N)=C\CC. The number of halogens is 1. The fourth-order valence-electron chi connectivity index (χ4n) is 3.44. The lowest BCUT2D eigenvalue weighted by Crippen LogP contribution is -2.15. The second kappa shape index (κ2) is 13.2. The molecule has 0 bridgehead atoms. The number of carbonyl (C=O) groups is 1. The van der Waals surface area contributed by atoms with E-state index in [0.29, 0.717) is 24.4 Å². The molecule has 6 nitrogen and oxygen atoms in total. The van der Waals surface area contributed by atoms with Crippen LogP contribution in [0.25, 0.3) is 0 Å². The zero-order chi connectivity index (χ0) is 25.1. The number of aromatic carboxylic acids is 1. The maximum atomic E-state index is 14.2. The maximum Gasteiger partial charge on any atom is 0.335 e. The Labute approximate surface area is 201 Å². The third-order valence-electron chi connectivity index (χ3n) is 5.31. The molecule has 1 aliphatic rings. The van der Waals surface area contributed by atoms with E-state index in [2.05, 4.69) is 23.3 Å². The summed E-state index contributed by atoms with van der Waals surface area (Å²) in [6, 6.07) is 3.79. The van der Waals surface area contributed by atoms with E-state index in [1.165, 1.54) is 18.2 Å². The lowest BCUT2D eigenvalue weighted by Gasteiger charge is -2.14. The Kier molecular flexibility index (Phi) is 10.3. The highest BCUT2D eigenvalue weighted by molar-refractivity contribution is 5.87. The minimum atomic E-state index is -1.09. The number of nitrogens with one attached hydrogen (secondary N) is 1. The number of nitrogens with two attached hydrogens (primary N) is 1. The van der Waals surface area contributed by atoms with Crippen LogP contribution in [0, 0.1) is 5.82 Å². The van der Waals surface area contributed by atoms with E-state index < -0.39 is 11.8 Å². The number of aliphatic imine (C=N–C) groups is 1. The average Bonchev–Trinajstić information content (AvgIpc) is 3.28. The predicted octanol–water partition coefficient (Wildman–Crippen LogP) is 5.76. The largest absolute Gasteiger partial charge is 0.492 e. The van der Waals surface area contributed by atoms with Crippen molar-refractivity contribution in [2.45, 2.75) is 53.5 Å². The van der Waals surface area contributed by atoms with Gasteiger partial charge in [0.25, 0.3) is 0 Å².